The van der Waals surface area contributed by atoms with Gasteiger partial charge in [-0.2, -0.15) is 13.2 Å². The number of allylic oxidation sites excluding steroid dienone is 1. The van der Waals surface area contributed by atoms with Crippen LogP contribution in [0.15, 0.2) is 51.2 Å². The first-order chi connectivity index (χ1) is 15.1. The van der Waals surface area contributed by atoms with Crippen molar-refractivity contribution in [3.63, 3.8) is 0 Å². The van der Waals surface area contributed by atoms with Gasteiger partial charge in [0.05, 0.1) is 5.75 Å². The van der Waals surface area contributed by atoms with Crippen LogP contribution in [-0.4, -0.2) is 23.9 Å². The molecule has 0 spiro atoms. The number of alkyl halides is 3. The highest BCUT2D eigenvalue weighted by Crippen LogP contribution is 2.60. The van der Waals surface area contributed by atoms with Gasteiger partial charge in [0, 0.05) is 31.9 Å². The summed E-state index contributed by atoms with van der Waals surface area (Å²) >= 11 is 17.6. The van der Waals surface area contributed by atoms with Crippen molar-refractivity contribution in [3.05, 3.63) is 67.5 Å². The van der Waals surface area contributed by atoms with Crippen LogP contribution >= 0.6 is 62.7 Å². The molecule has 2 aliphatic rings. The third-order valence-corrected chi connectivity index (χ3v) is 9.08. The number of hydrogen-bond donors (Lipinski definition) is 1. The Kier molecular flexibility index (Phi) is 7.18. The summed E-state index contributed by atoms with van der Waals surface area (Å²) in [5, 5.41) is 4.82. The highest BCUT2D eigenvalue weighted by molar-refractivity contribution is 9.10. The van der Waals surface area contributed by atoms with Crippen molar-refractivity contribution >= 4 is 74.1 Å². The molecule has 1 atom stereocenters. The highest BCUT2D eigenvalue weighted by Gasteiger charge is 2.58. The molecule has 1 aliphatic carbocycles. The standard InChI is InChI=1S/C22H17BrCl2F3NOS2/c23-18-5-12(1-4-19(18)31-11-20(30)29-17-2-3-17)13-9-21(32-10-13,22(26,27)28)14-6-15(24)8-16(25)7-14/h1,4-8,10,17H,2-3,9,11H2,(H,29,30). The lowest BCUT2D eigenvalue weighted by Gasteiger charge is -2.32. The fourth-order valence-electron chi connectivity index (χ4n) is 3.44. The monoisotopic (exact) mass is 581 g/mol. The van der Waals surface area contributed by atoms with Crippen LogP contribution in [0, 0.1) is 0 Å². The predicted molar refractivity (Wildman–Crippen MR) is 130 cm³/mol. The van der Waals surface area contributed by atoms with E-state index in [1.54, 1.807) is 17.5 Å². The number of hydrogen-bond acceptors (Lipinski definition) is 3. The van der Waals surface area contributed by atoms with E-state index in [2.05, 4.69) is 21.2 Å². The fraction of sp³-hybridized carbons (Fsp3) is 0.318. The average Bonchev–Trinajstić information content (AvgIpc) is 3.38. The maximum absolute atomic E-state index is 14.3. The lowest BCUT2D eigenvalue weighted by molar-refractivity contribution is -0.160. The van der Waals surface area contributed by atoms with Crippen LogP contribution in [0.5, 0.6) is 0 Å². The summed E-state index contributed by atoms with van der Waals surface area (Å²) in [4.78, 5) is 12.8. The molecule has 32 heavy (non-hydrogen) atoms. The number of carbonyl (C=O) groups is 1. The summed E-state index contributed by atoms with van der Waals surface area (Å²) in [5.74, 6) is 0.276. The molecule has 1 saturated carbocycles. The zero-order valence-electron chi connectivity index (χ0n) is 16.4. The van der Waals surface area contributed by atoms with E-state index < -0.39 is 10.9 Å². The number of amides is 1. The molecule has 1 N–H and O–H groups in total. The Hall–Kier alpha value is -0.800. The first-order valence-corrected chi connectivity index (χ1v) is 13.1. The topological polar surface area (TPSA) is 29.1 Å². The third kappa shape index (κ3) is 5.30. The molecule has 1 amide bonds. The second-order valence-corrected chi connectivity index (χ2v) is 11.6. The molecule has 0 aromatic heterocycles. The Bertz CT molecular complexity index is 1070. The Morgan fingerprint density at radius 1 is 1.19 bits per heavy atom. The van der Waals surface area contributed by atoms with Crippen LogP contribution in [0.2, 0.25) is 10.0 Å². The van der Waals surface area contributed by atoms with E-state index >= 15 is 0 Å². The van der Waals surface area contributed by atoms with Crippen LogP contribution in [0.3, 0.4) is 0 Å². The Labute approximate surface area is 210 Å². The van der Waals surface area contributed by atoms with Crippen molar-refractivity contribution < 1.29 is 18.0 Å². The second-order valence-electron chi connectivity index (χ2n) is 7.70. The maximum atomic E-state index is 14.3. The minimum Gasteiger partial charge on any atom is -0.353 e. The largest absolute Gasteiger partial charge is 0.407 e. The van der Waals surface area contributed by atoms with Gasteiger partial charge in [0.15, 0.2) is 0 Å². The summed E-state index contributed by atoms with van der Waals surface area (Å²) in [6.45, 7) is 0. The molecule has 1 heterocycles. The molecule has 2 aromatic carbocycles. The van der Waals surface area contributed by atoms with Gasteiger partial charge in [0.2, 0.25) is 5.91 Å². The van der Waals surface area contributed by atoms with E-state index in [0.29, 0.717) is 22.9 Å². The molecule has 1 aliphatic heterocycles. The zero-order valence-corrected chi connectivity index (χ0v) is 21.2. The number of rotatable bonds is 6. The molecule has 0 radical (unpaired) electrons. The summed E-state index contributed by atoms with van der Waals surface area (Å²) in [6.07, 6.45) is -2.68. The van der Waals surface area contributed by atoms with Gasteiger partial charge in [-0.15, -0.1) is 23.5 Å². The number of carbonyl (C=O) groups excluding carboxylic acids is 1. The molecule has 1 fully saturated rings. The molecule has 0 saturated heterocycles. The van der Waals surface area contributed by atoms with E-state index in [1.807, 2.05) is 6.07 Å². The Morgan fingerprint density at radius 3 is 2.47 bits per heavy atom. The van der Waals surface area contributed by atoms with Gasteiger partial charge in [-0.3, -0.25) is 4.79 Å². The summed E-state index contributed by atoms with van der Waals surface area (Å²) in [7, 11) is 0. The lowest BCUT2D eigenvalue weighted by Crippen LogP contribution is -2.37. The van der Waals surface area contributed by atoms with Crippen molar-refractivity contribution in [1.82, 2.24) is 5.32 Å². The van der Waals surface area contributed by atoms with E-state index in [4.69, 9.17) is 23.2 Å². The first-order valence-electron chi connectivity index (χ1n) is 9.70. The minimum absolute atomic E-state index is 0.0153. The van der Waals surface area contributed by atoms with Gasteiger partial charge < -0.3 is 5.32 Å². The van der Waals surface area contributed by atoms with E-state index in [-0.39, 0.29) is 27.9 Å². The second kappa shape index (κ2) is 9.45. The van der Waals surface area contributed by atoms with Crippen molar-refractivity contribution in [3.8, 4) is 0 Å². The zero-order chi connectivity index (χ0) is 23.1. The Balaban J connectivity index is 1.53. The third-order valence-electron chi connectivity index (χ3n) is 5.23. The van der Waals surface area contributed by atoms with Crippen LogP contribution in [0.4, 0.5) is 13.2 Å². The molecule has 1 unspecified atom stereocenters. The van der Waals surface area contributed by atoms with Gasteiger partial charge in [-0.1, -0.05) is 29.3 Å². The molecule has 4 rings (SSSR count). The number of nitrogens with one attached hydrogen (secondary N) is 1. The fourth-order valence-corrected chi connectivity index (χ4v) is 6.61. The van der Waals surface area contributed by atoms with E-state index in [0.717, 1.165) is 34.0 Å². The van der Waals surface area contributed by atoms with Crippen LogP contribution in [-0.2, 0) is 9.54 Å². The Morgan fingerprint density at radius 2 is 1.88 bits per heavy atom. The number of benzene rings is 2. The van der Waals surface area contributed by atoms with Crippen molar-refractivity contribution in [2.75, 3.05) is 5.75 Å². The minimum atomic E-state index is -4.51. The molecular formula is C22H17BrCl2F3NOS2. The lowest BCUT2D eigenvalue weighted by atomic mass is 9.88. The van der Waals surface area contributed by atoms with Gasteiger partial charge in [0.25, 0.3) is 0 Å². The van der Waals surface area contributed by atoms with Gasteiger partial charge in [-0.05, 0) is 81.2 Å². The molecule has 2 nitrogen and oxygen atoms in total. The average molecular weight is 583 g/mol. The van der Waals surface area contributed by atoms with E-state index in [1.165, 1.54) is 30.0 Å². The van der Waals surface area contributed by atoms with Crippen LogP contribution in [0.1, 0.15) is 30.4 Å². The highest BCUT2D eigenvalue weighted by atomic mass is 79.9. The van der Waals surface area contributed by atoms with Gasteiger partial charge in [0.1, 0.15) is 4.75 Å². The smallest absolute Gasteiger partial charge is 0.353 e. The maximum Gasteiger partial charge on any atom is 0.407 e. The summed E-state index contributed by atoms with van der Waals surface area (Å²) in [6, 6.07) is 9.79. The van der Waals surface area contributed by atoms with Crippen LogP contribution < -0.4 is 5.32 Å². The summed E-state index contributed by atoms with van der Waals surface area (Å²) in [5.41, 5.74) is 1.30. The van der Waals surface area contributed by atoms with Gasteiger partial charge in [-0.25, -0.2) is 0 Å². The quantitative estimate of drug-likeness (QED) is 0.349. The SMILES string of the molecule is O=C(CSc1ccc(C2=CSC(c3cc(Cl)cc(Cl)c3)(C(F)(F)F)C2)cc1Br)NC1CC1. The molecular weight excluding hydrogens is 566 g/mol. The predicted octanol–water partition coefficient (Wildman–Crippen LogP) is 8.06. The van der Waals surface area contributed by atoms with Crippen LogP contribution in [0.25, 0.3) is 5.57 Å². The number of thioether (sulfide) groups is 2. The normalized spacial score (nSPS) is 20.9. The van der Waals surface area contributed by atoms with Crippen molar-refractivity contribution in [1.29, 1.82) is 0 Å². The molecule has 10 heteroatoms. The number of halogens is 6. The molecule has 2 aromatic rings. The van der Waals surface area contributed by atoms with E-state index in [9.17, 15) is 18.0 Å². The summed E-state index contributed by atoms with van der Waals surface area (Å²) < 4.78 is 41.4. The molecule has 170 valence electrons. The molecule has 0 bridgehead atoms. The van der Waals surface area contributed by atoms with Crippen molar-refractivity contribution in [2.24, 2.45) is 0 Å². The van der Waals surface area contributed by atoms with Gasteiger partial charge >= 0.3 is 6.18 Å². The first kappa shape index (κ1) is 24.3. The van der Waals surface area contributed by atoms with Crippen molar-refractivity contribution in [2.45, 2.75) is 41.1 Å².